The molecular weight excluding hydrogens is 348 g/mol. The molecule has 1 heterocycles. The van der Waals surface area contributed by atoms with Gasteiger partial charge in [-0.25, -0.2) is 0 Å². The molecule has 1 aromatic carbocycles. The van der Waals surface area contributed by atoms with Gasteiger partial charge in [-0.2, -0.15) is 0 Å². The van der Waals surface area contributed by atoms with Crippen molar-refractivity contribution in [3.8, 4) is 0 Å². The van der Waals surface area contributed by atoms with E-state index in [1.165, 1.54) is 0 Å². The van der Waals surface area contributed by atoms with Crippen molar-refractivity contribution < 1.29 is 14.3 Å². The highest BCUT2D eigenvalue weighted by molar-refractivity contribution is 9.10. The van der Waals surface area contributed by atoms with Crippen LogP contribution in [0.15, 0.2) is 22.7 Å². The van der Waals surface area contributed by atoms with E-state index >= 15 is 0 Å². The molecule has 2 amide bonds. The predicted octanol–water partition coefficient (Wildman–Crippen LogP) is 2.58. The Bertz CT molecular complexity index is 577. The first-order chi connectivity index (χ1) is 10.4. The summed E-state index contributed by atoms with van der Waals surface area (Å²) in [5, 5.41) is 2.89. The highest BCUT2D eigenvalue weighted by Crippen LogP contribution is 2.24. The number of rotatable bonds is 5. The first-order valence-electron chi connectivity index (χ1n) is 7.27. The SMILES string of the molecule is COC[C@@H](C)N1C[C@H](C(=O)Nc2ccc(Br)c(C)c2)CC1=O. The Morgan fingerprint density at radius 1 is 1.55 bits per heavy atom. The van der Waals surface area contributed by atoms with Gasteiger partial charge in [0.25, 0.3) is 0 Å². The lowest BCUT2D eigenvalue weighted by Crippen LogP contribution is -2.38. The summed E-state index contributed by atoms with van der Waals surface area (Å²) in [6.45, 7) is 4.82. The Balaban J connectivity index is 1.99. The minimum Gasteiger partial charge on any atom is -0.383 e. The third-order valence-electron chi connectivity index (χ3n) is 3.89. The van der Waals surface area contributed by atoms with E-state index in [0.29, 0.717) is 13.2 Å². The Labute approximate surface area is 139 Å². The molecule has 5 nitrogen and oxygen atoms in total. The lowest BCUT2D eigenvalue weighted by Gasteiger charge is -2.23. The average Bonchev–Trinajstić information content (AvgIpc) is 2.85. The number of nitrogens with zero attached hydrogens (tertiary/aromatic N) is 1. The Kier molecular flexibility index (Phi) is 5.58. The van der Waals surface area contributed by atoms with E-state index in [2.05, 4.69) is 21.2 Å². The molecule has 1 aromatic rings. The molecule has 0 unspecified atom stereocenters. The van der Waals surface area contributed by atoms with Crippen LogP contribution in [0.5, 0.6) is 0 Å². The zero-order valence-electron chi connectivity index (χ0n) is 13.1. The topological polar surface area (TPSA) is 58.6 Å². The third kappa shape index (κ3) is 3.87. The van der Waals surface area contributed by atoms with Gasteiger partial charge in [0.1, 0.15) is 0 Å². The first kappa shape index (κ1) is 17.0. The van der Waals surface area contributed by atoms with Crippen molar-refractivity contribution in [3.63, 3.8) is 0 Å². The van der Waals surface area contributed by atoms with Crippen LogP contribution >= 0.6 is 15.9 Å². The first-order valence-corrected chi connectivity index (χ1v) is 8.07. The van der Waals surface area contributed by atoms with Gasteiger partial charge in [0, 0.05) is 30.2 Å². The minimum absolute atomic E-state index is 0.00905. The molecule has 0 spiro atoms. The molecule has 1 saturated heterocycles. The monoisotopic (exact) mass is 368 g/mol. The van der Waals surface area contributed by atoms with Crippen LogP contribution in [-0.4, -0.2) is 43.0 Å². The van der Waals surface area contributed by atoms with Crippen molar-refractivity contribution in [2.75, 3.05) is 25.6 Å². The summed E-state index contributed by atoms with van der Waals surface area (Å²) in [5.41, 5.74) is 1.80. The highest BCUT2D eigenvalue weighted by Gasteiger charge is 2.36. The maximum Gasteiger partial charge on any atom is 0.229 e. The largest absolute Gasteiger partial charge is 0.383 e. The standard InChI is InChI=1S/C16H21BrN2O3/c1-10-6-13(4-5-14(10)17)18-16(21)12-7-15(20)19(8-12)11(2)9-22-3/h4-6,11-12H,7-9H2,1-3H3,(H,18,21)/t11-,12-/m1/s1. The van der Waals surface area contributed by atoms with Crippen LogP contribution in [0.3, 0.4) is 0 Å². The molecular formula is C16H21BrN2O3. The van der Waals surface area contributed by atoms with Gasteiger partial charge in [-0.15, -0.1) is 0 Å². The van der Waals surface area contributed by atoms with Crippen LogP contribution < -0.4 is 5.32 Å². The number of carbonyl (C=O) groups excluding carboxylic acids is 2. The summed E-state index contributed by atoms with van der Waals surface area (Å²) < 4.78 is 6.08. The Hall–Kier alpha value is -1.40. The molecule has 2 atom stereocenters. The van der Waals surface area contributed by atoms with Crippen LogP contribution in [0, 0.1) is 12.8 Å². The number of amides is 2. The number of hydrogen-bond donors (Lipinski definition) is 1. The fourth-order valence-electron chi connectivity index (χ4n) is 2.63. The van der Waals surface area contributed by atoms with Crippen LogP contribution in [0.2, 0.25) is 0 Å². The molecule has 0 bridgehead atoms. The second kappa shape index (κ2) is 7.24. The fraction of sp³-hybridized carbons (Fsp3) is 0.500. The third-order valence-corrected chi connectivity index (χ3v) is 4.78. The zero-order chi connectivity index (χ0) is 16.3. The number of nitrogens with one attached hydrogen (secondary N) is 1. The number of anilines is 1. The van der Waals surface area contributed by atoms with E-state index in [-0.39, 0.29) is 30.2 Å². The molecule has 6 heteroatoms. The van der Waals surface area contributed by atoms with Crippen LogP contribution in [0.4, 0.5) is 5.69 Å². The quantitative estimate of drug-likeness (QED) is 0.868. The van der Waals surface area contributed by atoms with E-state index in [4.69, 9.17) is 4.74 Å². The van der Waals surface area contributed by atoms with E-state index in [1.807, 2.05) is 32.0 Å². The van der Waals surface area contributed by atoms with Gasteiger partial charge in [-0.3, -0.25) is 9.59 Å². The predicted molar refractivity (Wildman–Crippen MR) is 88.7 cm³/mol. The molecule has 120 valence electrons. The summed E-state index contributed by atoms with van der Waals surface area (Å²) in [6, 6.07) is 5.64. The zero-order valence-corrected chi connectivity index (χ0v) is 14.6. The lowest BCUT2D eigenvalue weighted by atomic mass is 10.1. The van der Waals surface area contributed by atoms with E-state index in [9.17, 15) is 9.59 Å². The van der Waals surface area contributed by atoms with Crippen molar-refractivity contribution in [1.82, 2.24) is 4.90 Å². The Morgan fingerprint density at radius 2 is 2.27 bits per heavy atom. The smallest absolute Gasteiger partial charge is 0.229 e. The second-order valence-corrected chi connectivity index (χ2v) is 6.56. The molecule has 22 heavy (non-hydrogen) atoms. The van der Waals surface area contributed by atoms with Gasteiger partial charge in [0.2, 0.25) is 11.8 Å². The summed E-state index contributed by atoms with van der Waals surface area (Å²) in [5.74, 6) is -0.408. The minimum atomic E-state index is -0.309. The van der Waals surface area contributed by atoms with Crippen molar-refractivity contribution in [3.05, 3.63) is 28.2 Å². The fourth-order valence-corrected chi connectivity index (χ4v) is 2.88. The summed E-state index contributed by atoms with van der Waals surface area (Å²) >= 11 is 3.43. The van der Waals surface area contributed by atoms with Crippen molar-refractivity contribution >= 4 is 33.4 Å². The molecule has 2 rings (SSSR count). The van der Waals surface area contributed by atoms with Gasteiger partial charge >= 0.3 is 0 Å². The van der Waals surface area contributed by atoms with Gasteiger partial charge in [-0.1, -0.05) is 15.9 Å². The number of halogens is 1. The summed E-state index contributed by atoms with van der Waals surface area (Å²) in [4.78, 5) is 26.1. The van der Waals surface area contributed by atoms with Crippen molar-refractivity contribution in [2.45, 2.75) is 26.3 Å². The van der Waals surface area contributed by atoms with Gasteiger partial charge < -0.3 is 15.0 Å². The van der Waals surface area contributed by atoms with E-state index in [0.717, 1.165) is 15.7 Å². The summed E-state index contributed by atoms with van der Waals surface area (Å²) in [7, 11) is 1.61. The average molecular weight is 369 g/mol. The second-order valence-electron chi connectivity index (χ2n) is 5.70. The van der Waals surface area contributed by atoms with Gasteiger partial charge in [-0.05, 0) is 37.6 Å². The lowest BCUT2D eigenvalue weighted by molar-refractivity contribution is -0.130. The van der Waals surface area contributed by atoms with Gasteiger partial charge in [0.15, 0.2) is 0 Å². The van der Waals surface area contributed by atoms with Crippen molar-refractivity contribution in [1.29, 1.82) is 0 Å². The maximum absolute atomic E-state index is 12.3. The van der Waals surface area contributed by atoms with E-state index < -0.39 is 0 Å². The molecule has 0 aromatic heterocycles. The van der Waals surface area contributed by atoms with Crippen LogP contribution in [-0.2, 0) is 14.3 Å². The number of aryl methyl sites for hydroxylation is 1. The number of carbonyl (C=O) groups is 2. The van der Waals surface area contributed by atoms with Crippen molar-refractivity contribution in [2.24, 2.45) is 5.92 Å². The molecule has 1 aliphatic rings. The number of methoxy groups -OCH3 is 1. The normalized spacial score (nSPS) is 19.4. The summed E-state index contributed by atoms with van der Waals surface area (Å²) in [6.07, 6.45) is 0.259. The highest BCUT2D eigenvalue weighted by atomic mass is 79.9. The number of benzene rings is 1. The maximum atomic E-state index is 12.3. The van der Waals surface area contributed by atoms with Crippen LogP contribution in [0.25, 0.3) is 0 Å². The van der Waals surface area contributed by atoms with Crippen LogP contribution in [0.1, 0.15) is 18.9 Å². The van der Waals surface area contributed by atoms with Gasteiger partial charge in [0.05, 0.1) is 18.6 Å². The molecule has 1 aliphatic heterocycles. The Morgan fingerprint density at radius 3 is 2.91 bits per heavy atom. The number of likely N-dealkylation sites (tertiary alicyclic amines) is 1. The molecule has 0 radical (unpaired) electrons. The number of hydrogen-bond acceptors (Lipinski definition) is 3. The molecule has 0 aliphatic carbocycles. The molecule has 1 N–H and O–H groups in total. The molecule has 0 saturated carbocycles. The van der Waals surface area contributed by atoms with E-state index in [1.54, 1.807) is 12.0 Å². The number of ether oxygens (including phenoxy) is 1. The molecule has 1 fully saturated rings.